The van der Waals surface area contributed by atoms with Crippen LogP contribution in [0.4, 0.5) is 22.0 Å². The number of rotatable bonds is 14. The minimum atomic E-state index is -1.38. The molecule has 3 aromatic heterocycles. The summed E-state index contributed by atoms with van der Waals surface area (Å²) < 4.78 is 26.1. The number of carbonyl (C=O) groups is 6. The summed E-state index contributed by atoms with van der Waals surface area (Å²) in [7, 11) is 6.02. The second-order valence-electron chi connectivity index (χ2n) is 13.5. The predicted molar refractivity (Wildman–Crippen MR) is 204 cm³/mol. The lowest BCUT2D eigenvalue weighted by Crippen LogP contribution is -2.50. The highest BCUT2D eigenvalue weighted by Gasteiger charge is 2.45. The highest BCUT2D eigenvalue weighted by molar-refractivity contribution is 6.06. The molecule has 0 saturated carbocycles. The Labute approximate surface area is 331 Å². The number of fused-ring (bicyclic) bond motifs is 2. The molecule has 4 N–H and O–H groups in total. The van der Waals surface area contributed by atoms with Gasteiger partial charge in [-0.15, -0.1) is 0 Å². The quantitative estimate of drug-likeness (QED) is 0.0816. The van der Waals surface area contributed by atoms with Crippen LogP contribution in [0.25, 0.3) is 0 Å². The molecule has 0 aliphatic carbocycles. The fraction of sp³-hybridized carbons (Fsp3) is 0.342. The number of carboxylic acids is 1. The number of benzene rings is 1. The van der Waals surface area contributed by atoms with Crippen LogP contribution in [0.15, 0.2) is 55.5 Å². The number of aromatic carboxylic acids is 1. The number of nitrogens with one attached hydrogen (secondary N) is 2. The van der Waals surface area contributed by atoms with Gasteiger partial charge >= 0.3 is 18.0 Å². The Bertz CT molecular complexity index is 2290. The van der Waals surface area contributed by atoms with Crippen molar-refractivity contribution in [2.24, 2.45) is 21.1 Å². The second kappa shape index (κ2) is 17.0. The Morgan fingerprint density at radius 1 is 0.983 bits per heavy atom. The first kappa shape index (κ1) is 40.6. The zero-order chi connectivity index (χ0) is 41.8. The van der Waals surface area contributed by atoms with Gasteiger partial charge in [-0.25, -0.2) is 24.3 Å². The summed E-state index contributed by atoms with van der Waals surface area (Å²) in [5.74, 6) is -3.11. The number of carbonyl (C=O) groups excluding carboxylic acids is 5. The molecule has 0 spiro atoms. The number of ether oxygens (including phenoxy) is 4. The monoisotopic (exact) mass is 802 g/mol. The number of imidazole rings is 1. The van der Waals surface area contributed by atoms with E-state index in [4.69, 9.17) is 18.9 Å². The van der Waals surface area contributed by atoms with E-state index in [-0.39, 0.29) is 89.4 Å². The first-order chi connectivity index (χ1) is 27.7. The van der Waals surface area contributed by atoms with Gasteiger partial charge in [0, 0.05) is 64.8 Å². The van der Waals surface area contributed by atoms with Crippen molar-refractivity contribution in [3.05, 3.63) is 78.3 Å². The number of anilines is 3. The minimum Gasteiger partial charge on any atom is -0.493 e. The minimum absolute atomic E-state index is 0.00613. The fourth-order valence-corrected chi connectivity index (χ4v) is 6.77. The lowest BCUT2D eigenvalue weighted by molar-refractivity contribution is -0.116. The van der Waals surface area contributed by atoms with Crippen LogP contribution in [0.2, 0.25) is 0 Å². The molecule has 0 bridgehead atoms. The maximum atomic E-state index is 13.6. The fourth-order valence-electron chi connectivity index (χ4n) is 6.77. The third-order valence-corrected chi connectivity index (χ3v) is 9.50. The van der Waals surface area contributed by atoms with E-state index in [0.717, 1.165) is 4.90 Å². The Balaban J connectivity index is 1.05. The molecule has 20 nitrogen and oxygen atoms in total. The van der Waals surface area contributed by atoms with Crippen LogP contribution in [0.3, 0.4) is 0 Å². The van der Waals surface area contributed by atoms with E-state index < -0.39 is 36.2 Å². The summed E-state index contributed by atoms with van der Waals surface area (Å²) in [5.41, 5.74) is 0.645. The zero-order valence-electron chi connectivity index (χ0n) is 32.1. The molecular weight excluding hydrogens is 760 g/mol. The molecule has 6 rings (SSSR count). The van der Waals surface area contributed by atoms with Crippen LogP contribution in [0.1, 0.15) is 67.6 Å². The van der Waals surface area contributed by atoms with Gasteiger partial charge in [0.2, 0.25) is 11.7 Å². The van der Waals surface area contributed by atoms with Gasteiger partial charge in [-0.2, -0.15) is 0 Å². The smallest absolute Gasteiger partial charge is 0.416 e. The topological polar surface area (TPSA) is 238 Å². The van der Waals surface area contributed by atoms with Gasteiger partial charge in [0.15, 0.2) is 23.5 Å². The van der Waals surface area contributed by atoms with E-state index in [9.17, 15) is 39.0 Å². The molecule has 5 heterocycles. The Kier molecular flexibility index (Phi) is 11.9. The number of amides is 4. The number of nitrogens with zero attached hydrogens (tertiary/aromatic N) is 6. The van der Waals surface area contributed by atoms with E-state index in [0.29, 0.717) is 25.1 Å². The van der Waals surface area contributed by atoms with E-state index in [2.05, 4.69) is 22.2 Å². The first-order valence-corrected chi connectivity index (χ1v) is 18.0. The SMILES string of the molecule is C=CCOC(=O)N1c2cc(OCCCC(=O)Nc3cc(C(=O)Nc4cn(C)c(C(=O)Oc5cc(C(=O)O)n(C)c5)n4)n(C)c3)c(OC)cc2C(=O)N2CCC[C@H]2C1O. The van der Waals surface area contributed by atoms with Crippen LogP contribution in [0, 0.1) is 0 Å². The van der Waals surface area contributed by atoms with Crippen molar-refractivity contribution in [3.63, 3.8) is 0 Å². The molecule has 2 aliphatic rings. The maximum absolute atomic E-state index is 13.6. The Morgan fingerprint density at radius 2 is 1.74 bits per heavy atom. The van der Waals surface area contributed by atoms with Crippen LogP contribution >= 0.6 is 0 Å². The standard InChI is InChI=1S/C38H42N8O12/c1-6-12-57-38(54)46-25-17-29(28(55-5)16-23(25)34(49)45-11-7-9-24(45)35(46)50)56-13-8-10-31(47)39-21-14-26(42(2)18-21)33(48)41-30-20-44(4)32(40-30)37(53)58-22-15-27(36(51)52)43(3)19-22/h6,14-20,24,35,50H,1,7-13H2,2-5H3,(H,39,47)(H,41,48)(H,51,52)/t24-,35?/m0/s1. The average Bonchev–Trinajstić information content (AvgIpc) is 3.97. The van der Waals surface area contributed by atoms with Crippen LogP contribution in [0.5, 0.6) is 17.2 Å². The van der Waals surface area contributed by atoms with Crippen molar-refractivity contribution in [1.29, 1.82) is 0 Å². The molecule has 20 heteroatoms. The highest BCUT2D eigenvalue weighted by atomic mass is 16.6. The van der Waals surface area contributed by atoms with Gasteiger partial charge in [0.25, 0.3) is 11.8 Å². The van der Waals surface area contributed by atoms with Crippen LogP contribution in [-0.4, -0.2) is 109 Å². The number of esters is 1. The molecule has 4 aromatic rings. The summed E-state index contributed by atoms with van der Waals surface area (Å²) in [4.78, 5) is 83.6. The van der Waals surface area contributed by atoms with Crippen molar-refractivity contribution in [1.82, 2.24) is 23.6 Å². The van der Waals surface area contributed by atoms with Gasteiger partial charge in [-0.1, -0.05) is 12.7 Å². The van der Waals surface area contributed by atoms with Gasteiger partial charge in [0.1, 0.15) is 23.7 Å². The van der Waals surface area contributed by atoms with Crippen molar-refractivity contribution < 1.29 is 57.9 Å². The van der Waals surface area contributed by atoms with Crippen LogP contribution < -0.4 is 29.7 Å². The predicted octanol–water partition coefficient (Wildman–Crippen LogP) is 3.14. The van der Waals surface area contributed by atoms with Crippen molar-refractivity contribution in [2.45, 2.75) is 38.0 Å². The zero-order valence-corrected chi connectivity index (χ0v) is 32.1. The summed E-state index contributed by atoms with van der Waals surface area (Å²) in [6, 6.07) is 4.91. The molecule has 4 amide bonds. The second-order valence-corrected chi connectivity index (χ2v) is 13.5. The van der Waals surface area contributed by atoms with Crippen molar-refractivity contribution in [2.75, 3.05) is 42.4 Å². The molecule has 2 aliphatic heterocycles. The number of aryl methyl sites for hydroxylation is 3. The number of aromatic nitrogens is 4. The van der Waals surface area contributed by atoms with E-state index in [1.807, 2.05) is 0 Å². The van der Waals surface area contributed by atoms with Crippen molar-refractivity contribution >= 4 is 52.9 Å². The maximum Gasteiger partial charge on any atom is 0.416 e. The third-order valence-electron chi connectivity index (χ3n) is 9.50. The van der Waals surface area contributed by atoms with Crippen molar-refractivity contribution in [3.8, 4) is 17.2 Å². The number of hydrogen-bond donors (Lipinski definition) is 4. The summed E-state index contributed by atoms with van der Waals surface area (Å²) in [6.45, 7) is 3.90. The van der Waals surface area contributed by atoms with Gasteiger partial charge in [0.05, 0.1) is 36.7 Å². The largest absolute Gasteiger partial charge is 0.493 e. The summed E-state index contributed by atoms with van der Waals surface area (Å²) >= 11 is 0. The van der Waals surface area contributed by atoms with E-state index in [1.165, 1.54) is 82.5 Å². The Morgan fingerprint density at radius 3 is 2.45 bits per heavy atom. The molecule has 1 unspecified atom stereocenters. The number of methoxy groups -OCH3 is 1. The molecule has 306 valence electrons. The average molecular weight is 803 g/mol. The first-order valence-electron chi connectivity index (χ1n) is 18.0. The van der Waals surface area contributed by atoms with E-state index in [1.54, 1.807) is 13.2 Å². The molecule has 58 heavy (non-hydrogen) atoms. The van der Waals surface area contributed by atoms with Gasteiger partial charge in [-0.3, -0.25) is 14.4 Å². The highest BCUT2D eigenvalue weighted by Crippen LogP contribution is 2.41. The molecule has 1 fully saturated rings. The third kappa shape index (κ3) is 8.36. The summed E-state index contributed by atoms with van der Waals surface area (Å²) in [6.07, 6.45) is 4.84. The molecular formula is C38H42N8O12. The number of aliphatic hydroxyl groups is 1. The van der Waals surface area contributed by atoms with Gasteiger partial charge < -0.3 is 58.4 Å². The number of carboxylic acid groups (broad SMARTS) is 1. The number of aliphatic hydroxyl groups excluding tert-OH is 1. The summed E-state index contributed by atoms with van der Waals surface area (Å²) in [5, 5.41) is 25.9. The van der Waals surface area contributed by atoms with E-state index >= 15 is 0 Å². The normalized spacial score (nSPS) is 15.8. The molecule has 0 radical (unpaired) electrons. The number of hydrogen-bond acceptors (Lipinski definition) is 12. The molecule has 1 saturated heterocycles. The van der Waals surface area contributed by atoms with Gasteiger partial charge in [-0.05, 0) is 31.4 Å². The molecule has 2 atom stereocenters. The lowest BCUT2D eigenvalue weighted by Gasteiger charge is -2.31. The van der Waals surface area contributed by atoms with Crippen LogP contribution in [-0.2, 0) is 30.7 Å². The molecule has 1 aromatic carbocycles. The Hall–Kier alpha value is -7.09. The lowest BCUT2D eigenvalue weighted by atomic mass is 10.1.